The lowest BCUT2D eigenvalue weighted by Crippen LogP contribution is -2.47. The lowest BCUT2D eigenvalue weighted by Gasteiger charge is -2.41. The van der Waals surface area contributed by atoms with Crippen molar-refractivity contribution in [3.05, 3.63) is 0 Å². The van der Waals surface area contributed by atoms with Crippen LogP contribution in [0.1, 0.15) is 40.5 Å². The molecule has 11 heavy (non-hydrogen) atoms. The number of nitrogens with two attached hydrogens (primary N) is 1. The van der Waals surface area contributed by atoms with Crippen LogP contribution >= 0.6 is 0 Å². The average Bonchev–Trinajstić information content (AvgIpc) is 2.02. The molecular weight excluding hydrogens is 138 g/mol. The summed E-state index contributed by atoms with van der Waals surface area (Å²) in [5.74, 6) is 0. The summed E-state index contributed by atoms with van der Waals surface area (Å²) in [6, 6.07) is 0. The van der Waals surface area contributed by atoms with Crippen LogP contribution in [-0.4, -0.2) is 17.3 Å². The van der Waals surface area contributed by atoms with Gasteiger partial charge in [0.2, 0.25) is 0 Å². The third-order valence-corrected chi connectivity index (χ3v) is 3.22. The van der Waals surface area contributed by atoms with Gasteiger partial charge in [0, 0.05) is 12.0 Å². The predicted octanol–water partition coefficient (Wildman–Crippen LogP) is 1.52. The first-order valence-electron chi connectivity index (χ1n) is 4.36. The summed E-state index contributed by atoms with van der Waals surface area (Å²) in [7, 11) is 0. The van der Waals surface area contributed by atoms with Crippen molar-refractivity contribution in [1.29, 1.82) is 0 Å². The maximum atomic E-state index is 9.96. The molecule has 0 aliphatic rings. The lowest BCUT2D eigenvalue weighted by atomic mass is 9.71. The van der Waals surface area contributed by atoms with Crippen LogP contribution in [0.15, 0.2) is 0 Å². The Bertz CT molecular complexity index is 117. The normalized spacial score (nSPS) is 22.4. The number of rotatable bonds is 4. The van der Waals surface area contributed by atoms with Gasteiger partial charge in [-0.15, -0.1) is 0 Å². The minimum atomic E-state index is -0.628. The first-order chi connectivity index (χ1) is 4.93. The van der Waals surface area contributed by atoms with Crippen molar-refractivity contribution in [2.45, 2.75) is 46.1 Å². The van der Waals surface area contributed by atoms with Crippen LogP contribution in [0.3, 0.4) is 0 Å². The zero-order valence-corrected chi connectivity index (χ0v) is 8.15. The minimum Gasteiger partial charge on any atom is -0.390 e. The fourth-order valence-electron chi connectivity index (χ4n) is 1.17. The van der Waals surface area contributed by atoms with Gasteiger partial charge >= 0.3 is 0 Å². The lowest BCUT2D eigenvalue weighted by molar-refractivity contribution is -0.0611. The highest BCUT2D eigenvalue weighted by molar-refractivity contribution is 4.91. The first kappa shape index (κ1) is 10.9. The average molecular weight is 159 g/mol. The van der Waals surface area contributed by atoms with Gasteiger partial charge in [-0.25, -0.2) is 0 Å². The molecule has 3 N–H and O–H groups in total. The molecule has 2 atom stereocenters. The van der Waals surface area contributed by atoms with E-state index in [0.29, 0.717) is 6.54 Å². The molecule has 0 saturated carbocycles. The quantitative estimate of drug-likeness (QED) is 0.653. The maximum Gasteiger partial charge on any atom is 0.0682 e. The molecule has 68 valence electrons. The smallest absolute Gasteiger partial charge is 0.0682 e. The Morgan fingerprint density at radius 3 is 1.73 bits per heavy atom. The fraction of sp³-hybridized carbons (Fsp3) is 1.00. The van der Waals surface area contributed by atoms with Gasteiger partial charge in [-0.1, -0.05) is 20.8 Å². The third kappa shape index (κ3) is 1.94. The zero-order chi connectivity index (χ0) is 9.12. The van der Waals surface area contributed by atoms with E-state index in [4.69, 9.17) is 5.73 Å². The van der Waals surface area contributed by atoms with Crippen molar-refractivity contribution >= 4 is 0 Å². The second kappa shape index (κ2) is 3.55. The van der Waals surface area contributed by atoms with Gasteiger partial charge < -0.3 is 10.8 Å². The van der Waals surface area contributed by atoms with Gasteiger partial charge in [0.05, 0.1) is 5.60 Å². The van der Waals surface area contributed by atoms with E-state index >= 15 is 0 Å². The standard InChI is InChI=1S/C9H21NO/c1-5-8(3,7-10)9(4,11)6-2/h11H,5-7,10H2,1-4H3. The van der Waals surface area contributed by atoms with Crippen LogP contribution in [0.5, 0.6) is 0 Å². The summed E-state index contributed by atoms with van der Waals surface area (Å²) in [4.78, 5) is 0. The molecule has 0 radical (unpaired) electrons. The fourth-order valence-corrected chi connectivity index (χ4v) is 1.17. The Balaban J connectivity index is 4.47. The van der Waals surface area contributed by atoms with Gasteiger partial charge in [-0.3, -0.25) is 0 Å². The van der Waals surface area contributed by atoms with Crippen molar-refractivity contribution in [3.63, 3.8) is 0 Å². The van der Waals surface area contributed by atoms with Gasteiger partial charge in [-0.05, 0) is 19.8 Å². The van der Waals surface area contributed by atoms with Crippen molar-refractivity contribution < 1.29 is 5.11 Å². The molecule has 2 heteroatoms. The molecule has 2 nitrogen and oxygen atoms in total. The summed E-state index contributed by atoms with van der Waals surface area (Å²) in [5, 5.41) is 9.96. The van der Waals surface area contributed by atoms with Crippen LogP contribution in [0.4, 0.5) is 0 Å². The highest BCUT2D eigenvalue weighted by Gasteiger charge is 2.38. The van der Waals surface area contributed by atoms with E-state index in [9.17, 15) is 5.11 Å². The zero-order valence-electron chi connectivity index (χ0n) is 8.15. The number of aliphatic hydroxyl groups is 1. The van der Waals surface area contributed by atoms with Gasteiger partial charge in [0.25, 0.3) is 0 Å². The number of hydrogen-bond acceptors (Lipinski definition) is 2. The second-order valence-electron chi connectivity index (χ2n) is 3.75. The second-order valence-corrected chi connectivity index (χ2v) is 3.75. The van der Waals surface area contributed by atoms with Gasteiger partial charge in [0.15, 0.2) is 0 Å². The molecule has 2 unspecified atom stereocenters. The number of hydrogen-bond donors (Lipinski definition) is 2. The Kier molecular flexibility index (Phi) is 3.52. The molecule has 0 aromatic carbocycles. The molecule has 0 spiro atoms. The van der Waals surface area contributed by atoms with Crippen molar-refractivity contribution in [2.75, 3.05) is 6.54 Å². The third-order valence-electron chi connectivity index (χ3n) is 3.22. The Labute approximate surface area is 69.8 Å². The van der Waals surface area contributed by atoms with E-state index in [1.807, 2.05) is 20.8 Å². The molecule has 0 amide bonds. The largest absolute Gasteiger partial charge is 0.390 e. The summed E-state index contributed by atoms with van der Waals surface area (Å²) < 4.78 is 0. The van der Waals surface area contributed by atoms with Crippen LogP contribution in [-0.2, 0) is 0 Å². The molecule has 0 aliphatic heterocycles. The molecule has 0 saturated heterocycles. The molecule has 0 aromatic rings. The van der Waals surface area contributed by atoms with E-state index in [2.05, 4.69) is 6.92 Å². The van der Waals surface area contributed by atoms with E-state index in [1.54, 1.807) is 0 Å². The first-order valence-corrected chi connectivity index (χ1v) is 4.36. The highest BCUT2D eigenvalue weighted by atomic mass is 16.3. The van der Waals surface area contributed by atoms with Gasteiger partial charge in [-0.2, -0.15) is 0 Å². The monoisotopic (exact) mass is 159 g/mol. The van der Waals surface area contributed by atoms with Crippen molar-refractivity contribution in [1.82, 2.24) is 0 Å². The van der Waals surface area contributed by atoms with Crippen LogP contribution < -0.4 is 5.73 Å². The summed E-state index contributed by atoms with van der Waals surface area (Å²) in [5.41, 5.74) is 4.85. The Hall–Kier alpha value is -0.0800. The molecule has 0 rings (SSSR count). The van der Waals surface area contributed by atoms with E-state index in [0.717, 1.165) is 12.8 Å². The molecular formula is C9H21NO. The van der Waals surface area contributed by atoms with Crippen LogP contribution in [0.2, 0.25) is 0 Å². The topological polar surface area (TPSA) is 46.2 Å². The van der Waals surface area contributed by atoms with Crippen LogP contribution in [0.25, 0.3) is 0 Å². The Morgan fingerprint density at radius 2 is 1.64 bits per heavy atom. The molecule has 0 bridgehead atoms. The predicted molar refractivity (Wildman–Crippen MR) is 48.4 cm³/mol. The minimum absolute atomic E-state index is 0.137. The molecule has 0 aliphatic carbocycles. The highest BCUT2D eigenvalue weighted by Crippen LogP contribution is 2.35. The van der Waals surface area contributed by atoms with E-state index in [-0.39, 0.29) is 5.41 Å². The summed E-state index contributed by atoms with van der Waals surface area (Å²) >= 11 is 0. The Morgan fingerprint density at radius 1 is 1.18 bits per heavy atom. The molecule has 0 heterocycles. The summed E-state index contributed by atoms with van der Waals surface area (Å²) in [6.45, 7) is 8.50. The van der Waals surface area contributed by atoms with Gasteiger partial charge in [0.1, 0.15) is 0 Å². The molecule has 0 fully saturated rings. The van der Waals surface area contributed by atoms with Crippen molar-refractivity contribution in [3.8, 4) is 0 Å². The SMILES string of the molecule is CCC(C)(O)C(C)(CC)CN. The van der Waals surface area contributed by atoms with Crippen LogP contribution in [0, 0.1) is 5.41 Å². The maximum absolute atomic E-state index is 9.96. The summed E-state index contributed by atoms with van der Waals surface area (Å²) in [6.07, 6.45) is 1.68. The molecule has 0 aromatic heterocycles. The van der Waals surface area contributed by atoms with Crippen molar-refractivity contribution in [2.24, 2.45) is 11.1 Å². The van der Waals surface area contributed by atoms with E-state index < -0.39 is 5.60 Å². The van der Waals surface area contributed by atoms with E-state index in [1.165, 1.54) is 0 Å².